The number of ether oxygens (including phenoxy) is 1. The van der Waals surface area contributed by atoms with Gasteiger partial charge in [0, 0.05) is 20.2 Å². The molecule has 1 heterocycles. The smallest absolute Gasteiger partial charge is 0.208 e. The van der Waals surface area contributed by atoms with E-state index in [1.54, 1.807) is 7.11 Å². The van der Waals surface area contributed by atoms with Crippen molar-refractivity contribution in [3.05, 3.63) is 48.0 Å². The molecule has 41 heavy (non-hydrogen) atoms. The van der Waals surface area contributed by atoms with Gasteiger partial charge in [0.05, 0.1) is 18.1 Å². The van der Waals surface area contributed by atoms with Crippen LogP contribution in [0.5, 0.6) is 5.75 Å². The van der Waals surface area contributed by atoms with Crippen molar-refractivity contribution in [3.8, 4) is 5.75 Å². The molecule has 1 N–H and O–H groups in total. The van der Waals surface area contributed by atoms with Crippen LogP contribution in [0.2, 0.25) is 0 Å². The van der Waals surface area contributed by atoms with Crippen LogP contribution in [0.3, 0.4) is 0 Å². The highest BCUT2D eigenvalue weighted by Crippen LogP contribution is 2.26. The van der Waals surface area contributed by atoms with Gasteiger partial charge in [0.1, 0.15) is 5.75 Å². The van der Waals surface area contributed by atoms with E-state index in [-0.39, 0.29) is 1.43 Å². The molecule has 0 amide bonds. The molecule has 0 aliphatic rings. The molecule has 0 unspecified atom stereocenters. The summed E-state index contributed by atoms with van der Waals surface area (Å²) in [6.07, 6.45) is 7.33. The first kappa shape index (κ1) is 32.9. The number of aryl methyl sites for hydroxylation is 1. The number of anilines is 2. The molecule has 0 saturated carbocycles. The number of nitrogens with one attached hydrogen (secondary N) is 1. The van der Waals surface area contributed by atoms with E-state index in [2.05, 4.69) is 91.6 Å². The van der Waals surface area contributed by atoms with Gasteiger partial charge in [-0.1, -0.05) is 54.0 Å². The highest BCUT2D eigenvalue weighted by Gasteiger charge is 2.15. The van der Waals surface area contributed by atoms with Crippen LogP contribution in [-0.4, -0.2) is 59.2 Å². The first-order chi connectivity index (χ1) is 19.8. The van der Waals surface area contributed by atoms with Gasteiger partial charge in [0.25, 0.3) is 0 Å². The van der Waals surface area contributed by atoms with Gasteiger partial charge < -0.3 is 19.5 Å². The molecular weight excluding hydrogens is 506 g/mol. The number of hydrogen-bond donors (Lipinski definition) is 1. The molecule has 0 fully saturated rings. The van der Waals surface area contributed by atoms with E-state index in [9.17, 15) is 0 Å². The molecular formula is C35H59N5O. The minimum atomic E-state index is 0. The van der Waals surface area contributed by atoms with Gasteiger partial charge in [-0.15, -0.1) is 0 Å². The Kier molecular flexibility index (Phi) is 14.0. The largest absolute Gasteiger partial charge is 0.497 e. The van der Waals surface area contributed by atoms with Gasteiger partial charge >= 0.3 is 0 Å². The number of fused-ring (bicyclic) bond motifs is 1. The molecule has 230 valence electrons. The van der Waals surface area contributed by atoms with Crippen molar-refractivity contribution >= 4 is 22.7 Å². The maximum Gasteiger partial charge on any atom is 0.208 e. The van der Waals surface area contributed by atoms with Crippen LogP contribution in [0.4, 0.5) is 11.6 Å². The molecule has 2 aromatic carbocycles. The summed E-state index contributed by atoms with van der Waals surface area (Å²) in [6.45, 7) is 21.6. The summed E-state index contributed by atoms with van der Waals surface area (Å²) in [5.74, 6) is 3.21. The van der Waals surface area contributed by atoms with Crippen LogP contribution in [0, 0.1) is 11.8 Å². The Morgan fingerprint density at radius 2 is 1.54 bits per heavy atom. The second kappa shape index (κ2) is 17.4. The third kappa shape index (κ3) is 11.0. The second-order valence-electron chi connectivity index (χ2n) is 12.4. The molecule has 0 aliphatic heterocycles. The van der Waals surface area contributed by atoms with Crippen molar-refractivity contribution in [2.75, 3.05) is 45.2 Å². The Labute approximate surface area is 252 Å². The minimum Gasteiger partial charge on any atom is -0.497 e. The van der Waals surface area contributed by atoms with Crippen molar-refractivity contribution in [3.63, 3.8) is 0 Å². The Morgan fingerprint density at radius 1 is 0.854 bits per heavy atom. The van der Waals surface area contributed by atoms with E-state index in [4.69, 9.17) is 9.72 Å². The first-order valence-electron chi connectivity index (χ1n) is 16.2. The highest BCUT2D eigenvalue weighted by atomic mass is 16.5. The molecule has 0 bridgehead atoms. The van der Waals surface area contributed by atoms with E-state index in [0.29, 0.717) is 0 Å². The van der Waals surface area contributed by atoms with Crippen LogP contribution < -0.4 is 10.1 Å². The van der Waals surface area contributed by atoms with Gasteiger partial charge in [-0.05, 0) is 119 Å². The molecule has 1 aromatic heterocycles. The predicted octanol–water partition coefficient (Wildman–Crippen LogP) is 8.83. The monoisotopic (exact) mass is 565 g/mol. The van der Waals surface area contributed by atoms with E-state index >= 15 is 0 Å². The zero-order valence-electron chi connectivity index (χ0n) is 27.1. The molecule has 3 rings (SSSR count). The topological polar surface area (TPSA) is 45.6 Å². The van der Waals surface area contributed by atoms with E-state index in [1.807, 2.05) is 12.1 Å². The van der Waals surface area contributed by atoms with Crippen LogP contribution >= 0.6 is 0 Å². The Hall–Kier alpha value is -2.57. The van der Waals surface area contributed by atoms with Gasteiger partial charge in [0.15, 0.2) is 0 Å². The maximum absolute atomic E-state index is 5.36. The normalized spacial score (nSPS) is 12.0. The van der Waals surface area contributed by atoms with Crippen LogP contribution in [0.25, 0.3) is 11.0 Å². The average Bonchev–Trinajstić information content (AvgIpc) is 3.30. The van der Waals surface area contributed by atoms with Crippen molar-refractivity contribution in [2.24, 2.45) is 11.8 Å². The summed E-state index contributed by atoms with van der Waals surface area (Å²) in [7, 11) is 1.70. The fourth-order valence-corrected chi connectivity index (χ4v) is 5.22. The van der Waals surface area contributed by atoms with Crippen molar-refractivity contribution in [1.82, 2.24) is 19.4 Å². The Morgan fingerprint density at radius 3 is 2.15 bits per heavy atom. The molecule has 0 aliphatic carbocycles. The Bertz CT molecular complexity index is 1130. The Balaban J connectivity index is 0.00000616. The number of aromatic nitrogens is 2. The second-order valence-corrected chi connectivity index (χ2v) is 12.4. The molecule has 6 heteroatoms. The SMILES string of the molecule is CCCCN(CC)CCCCn1c(Nc2ccc(OC)cc2)nc2ccc(CN(CCC(C)C)CCC(C)C)cc21.[HH]. The quantitative estimate of drug-likeness (QED) is 0.139. The summed E-state index contributed by atoms with van der Waals surface area (Å²) in [5, 5.41) is 3.60. The zero-order chi connectivity index (χ0) is 29.6. The maximum atomic E-state index is 5.36. The van der Waals surface area contributed by atoms with E-state index < -0.39 is 0 Å². The lowest BCUT2D eigenvalue weighted by molar-refractivity contribution is 0.236. The number of unbranched alkanes of at least 4 members (excludes halogenated alkanes) is 2. The van der Waals surface area contributed by atoms with E-state index in [1.165, 1.54) is 49.7 Å². The van der Waals surface area contributed by atoms with Crippen LogP contribution in [-0.2, 0) is 13.1 Å². The lowest BCUT2D eigenvalue weighted by Gasteiger charge is -2.24. The molecule has 0 radical (unpaired) electrons. The fourth-order valence-electron chi connectivity index (χ4n) is 5.22. The molecule has 6 nitrogen and oxygen atoms in total. The summed E-state index contributed by atoms with van der Waals surface area (Å²) < 4.78 is 7.76. The predicted molar refractivity (Wildman–Crippen MR) is 179 cm³/mol. The number of imidazole rings is 1. The third-order valence-electron chi connectivity index (χ3n) is 7.99. The van der Waals surface area contributed by atoms with Crippen LogP contribution in [0.15, 0.2) is 42.5 Å². The van der Waals surface area contributed by atoms with Gasteiger partial charge in [-0.25, -0.2) is 4.98 Å². The van der Waals surface area contributed by atoms with Crippen LogP contribution in [0.1, 0.15) is 87.1 Å². The summed E-state index contributed by atoms with van der Waals surface area (Å²) in [5.41, 5.74) is 4.68. The average molecular weight is 566 g/mol. The number of benzene rings is 2. The molecule has 0 saturated heterocycles. The number of rotatable bonds is 20. The van der Waals surface area contributed by atoms with Crippen molar-refractivity contribution in [1.29, 1.82) is 0 Å². The van der Waals surface area contributed by atoms with Gasteiger partial charge in [-0.2, -0.15) is 0 Å². The summed E-state index contributed by atoms with van der Waals surface area (Å²) >= 11 is 0. The molecule has 3 aromatic rings. The van der Waals surface area contributed by atoms with Crippen molar-refractivity contribution in [2.45, 2.75) is 93.2 Å². The van der Waals surface area contributed by atoms with Gasteiger partial charge in [0.2, 0.25) is 5.95 Å². The lowest BCUT2D eigenvalue weighted by atomic mass is 10.1. The van der Waals surface area contributed by atoms with E-state index in [0.717, 1.165) is 80.4 Å². The summed E-state index contributed by atoms with van der Waals surface area (Å²) in [6, 6.07) is 15.0. The van der Waals surface area contributed by atoms with Crippen molar-refractivity contribution < 1.29 is 6.16 Å². The third-order valence-corrected chi connectivity index (χ3v) is 7.99. The zero-order valence-corrected chi connectivity index (χ0v) is 27.1. The molecule has 0 spiro atoms. The summed E-state index contributed by atoms with van der Waals surface area (Å²) in [4.78, 5) is 10.3. The molecule has 0 atom stereocenters. The number of nitrogens with zero attached hydrogens (tertiary/aromatic N) is 4. The fraction of sp³-hybridized carbons (Fsp3) is 0.629. The minimum absolute atomic E-state index is 0. The number of hydrogen-bond acceptors (Lipinski definition) is 5. The lowest BCUT2D eigenvalue weighted by Crippen LogP contribution is -2.27. The standard InChI is InChI=1S/C35H57N5O.H2/c1-8-10-21-38(9-2)22-11-12-23-40-34-26-30(27-39(24-19-28(3)4)25-20-29(5)6)13-18-33(34)37-35(40)36-31-14-16-32(41-7)17-15-31;/h13-18,26,28-29H,8-12,19-25,27H2,1-7H3,(H,36,37);1H. The highest BCUT2D eigenvalue weighted by molar-refractivity contribution is 5.80. The van der Waals surface area contributed by atoms with Gasteiger partial charge in [-0.3, -0.25) is 4.90 Å². The first-order valence-corrected chi connectivity index (χ1v) is 16.2. The number of methoxy groups -OCH3 is 1.